The van der Waals surface area contributed by atoms with Crippen LogP contribution >= 0.6 is 35.7 Å². The van der Waals surface area contributed by atoms with Crippen LogP contribution in [0.2, 0.25) is 0 Å². The molecule has 5 heterocycles. The molecule has 20 heteroatoms. The number of aromatic amines is 1. The molecule has 17 nitrogen and oxygen atoms in total. The Morgan fingerprint density at radius 2 is 1.96 bits per heavy atom. The molecule has 3 aromatic heterocycles. The third-order valence-electron chi connectivity index (χ3n) is 7.35. The van der Waals surface area contributed by atoms with Crippen LogP contribution < -0.4 is 16.1 Å². The van der Waals surface area contributed by atoms with E-state index < -0.39 is 46.6 Å². The Morgan fingerprint density at radius 1 is 1.21 bits per heavy atom. The number of amides is 3. The number of nitrogens with zero attached hydrogens (tertiary/aromatic N) is 7. The largest absolute Gasteiger partial charge is 0.508 e. The fourth-order valence-electron chi connectivity index (χ4n) is 5.00. The van der Waals surface area contributed by atoms with E-state index in [-0.39, 0.29) is 55.8 Å². The average Bonchev–Trinajstić information content (AvgIpc) is 3.50. The van der Waals surface area contributed by atoms with E-state index in [4.69, 9.17) is 12.2 Å². The van der Waals surface area contributed by atoms with E-state index >= 15 is 0 Å². The molecule has 0 saturated carbocycles. The molecular formula is C27H22N10O7S3. The Kier molecular flexibility index (Phi) is 8.47. The molecule has 2 aliphatic heterocycles. The van der Waals surface area contributed by atoms with Crippen molar-refractivity contribution in [2.24, 2.45) is 7.05 Å². The summed E-state index contributed by atoms with van der Waals surface area (Å²) in [6.07, 6.45) is 4.35. The van der Waals surface area contributed by atoms with Gasteiger partial charge in [-0.15, -0.1) is 28.6 Å². The van der Waals surface area contributed by atoms with Gasteiger partial charge in [-0.2, -0.15) is 0 Å². The maximum absolute atomic E-state index is 13.7. The number of rotatable bonds is 9. The number of hydrogen-bond donors (Lipinski definition) is 5. The molecular weight excluding hydrogens is 673 g/mol. The van der Waals surface area contributed by atoms with Crippen LogP contribution in [0.4, 0.5) is 0 Å². The van der Waals surface area contributed by atoms with Crippen molar-refractivity contribution in [3.8, 4) is 5.75 Å². The number of hydrogen-bond acceptors (Lipinski definition) is 14. The van der Waals surface area contributed by atoms with Gasteiger partial charge in [0.05, 0.1) is 11.1 Å². The summed E-state index contributed by atoms with van der Waals surface area (Å²) in [7, 11) is 1.54. The number of fused-ring (bicyclic) bond motifs is 2. The molecule has 2 aliphatic rings. The highest BCUT2D eigenvalue weighted by Gasteiger charge is 2.55. The number of thioether (sulfide) groups is 2. The number of aromatic hydroxyl groups is 1. The molecule has 2 unspecified atom stereocenters. The minimum absolute atomic E-state index is 0.0654. The molecule has 1 saturated heterocycles. The van der Waals surface area contributed by atoms with Crippen LogP contribution in [-0.4, -0.2) is 102 Å². The number of carbonyl (C=O) groups is 4. The summed E-state index contributed by atoms with van der Waals surface area (Å²) in [5.41, 5.74) is -0.900. The topological polar surface area (TPSA) is 238 Å². The minimum Gasteiger partial charge on any atom is -0.508 e. The van der Waals surface area contributed by atoms with Gasteiger partial charge in [-0.1, -0.05) is 24.4 Å². The second kappa shape index (κ2) is 12.5. The zero-order valence-electron chi connectivity index (χ0n) is 24.2. The third-order valence-corrected chi connectivity index (χ3v) is 9.67. The summed E-state index contributed by atoms with van der Waals surface area (Å²) in [4.78, 5) is 78.2. The first-order valence-corrected chi connectivity index (χ1v) is 16.2. The van der Waals surface area contributed by atoms with Crippen LogP contribution in [0.15, 0.2) is 57.7 Å². The van der Waals surface area contributed by atoms with Crippen LogP contribution in [0.25, 0.3) is 11.2 Å². The van der Waals surface area contributed by atoms with Crippen molar-refractivity contribution in [1.82, 2.24) is 50.7 Å². The van der Waals surface area contributed by atoms with E-state index in [9.17, 15) is 34.2 Å². The normalized spacial score (nSPS) is 17.9. The van der Waals surface area contributed by atoms with Gasteiger partial charge in [0.1, 0.15) is 39.5 Å². The summed E-state index contributed by atoms with van der Waals surface area (Å²) in [5.74, 6) is -3.72. The number of phenolic OH excluding ortho intramolecular Hbond substituents is 1. The number of carboxylic acids is 1. The standard InChI is InChI=1S/C27H22N10O7S3/c1-36-22(33-34-35-36)20(45)13-9-47-26-17(25(42)37(26)18(13)27(43)44)32-24(41)15(10-3-5-11(38)6-4-10)31-23(40)12-7-29-21-16(19(12)39)28-8-14(30-21)46-2/h3-8,15,17,26,38H,9H2,1-2H3,(H,31,40)(H,32,41)(H,43,44)(H,29,30,39)/t15?,17?,26-/m0/s1. The second-order valence-corrected chi connectivity index (χ2v) is 12.5. The van der Waals surface area contributed by atoms with Crippen LogP contribution in [0.3, 0.4) is 0 Å². The smallest absolute Gasteiger partial charge is 0.353 e. The Hall–Kier alpha value is -5.21. The zero-order valence-corrected chi connectivity index (χ0v) is 26.6. The van der Waals surface area contributed by atoms with Crippen LogP contribution in [0.5, 0.6) is 5.75 Å². The lowest BCUT2D eigenvalue weighted by Gasteiger charge is -2.49. The number of benzene rings is 1. The molecule has 0 aliphatic carbocycles. The predicted molar refractivity (Wildman–Crippen MR) is 170 cm³/mol. The monoisotopic (exact) mass is 694 g/mol. The molecule has 4 aromatic rings. The van der Waals surface area contributed by atoms with Crippen LogP contribution in [-0.2, 0) is 21.4 Å². The summed E-state index contributed by atoms with van der Waals surface area (Å²) in [6, 6.07) is 2.80. The summed E-state index contributed by atoms with van der Waals surface area (Å²) in [5, 5.41) is 35.8. The SMILES string of the molecule is CSc1cnc2c(=O)c(C(=O)NC(C(=O)NC3C(=O)N4C(C(=O)O)=C(C(=S)c5nnnn5C)CS[C@@H]34)c3ccc(O)cc3)c[nH]c2n1. The van der Waals surface area contributed by atoms with E-state index in [0.29, 0.717) is 5.03 Å². The lowest BCUT2D eigenvalue weighted by molar-refractivity contribution is -0.150. The lowest BCUT2D eigenvalue weighted by Crippen LogP contribution is -2.71. The number of aromatic nitrogens is 7. The molecule has 0 radical (unpaired) electrons. The van der Waals surface area contributed by atoms with Crippen molar-refractivity contribution >= 4 is 75.5 Å². The molecule has 0 bridgehead atoms. The third kappa shape index (κ3) is 5.70. The number of phenols is 1. The Morgan fingerprint density at radius 3 is 2.62 bits per heavy atom. The van der Waals surface area contributed by atoms with Crippen molar-refractivity contribution in [1.29, 1.82) is 0 Å². The van der Waals surface area contributed by atoms with E-state index in [0.717, 1.165) is 11.1 Å². The zero-order chi connectivity index (χ0) is 33.6. The highest BCUT2D eigenvalue weighted by atomic mass is 32.2. The van der Waals surface area contributed by atoms with Gasteiger partial charge >= 0.3 is 5.97 Å². The average molecular weight is 695 g/mol. The maximum atomic E-state index is 13.7. The Balaban J connectivity index is 1.26. The number of H-pyrrole nitrogens is 1. The van der Waals surface area contributed by atoms with Gasteiger partial charge in [-0.05, 0) is 34.4 Å². The minimum atomic E-state index is -1.43. The number of nitrogens with one attached hydrogen (secondary N) is 3. The van der Waals surface area contributed by atoms with Crippen LogP contribution in [0.1, 0.15) is 27.8 Å². The first-order valence-electron chi connectivity index (χ1n) is 13.5. The summed E-state index contributed by atoms with van der Waals surface area (Å²) in [6.45, 7) is 0. The molecule has 3 amide bonds. The van der Waals surface area contributed by atoms with Gasteiger partial charge in [0, 0.05) is 24.6 Å². The maximum Gasteiger partial charge on any atom is 0.353 e. The van der Waals surface area contributed by atoms with E-state index in [2.05, 4.69) is 41.1 Å². The highest BCUT2D eigenvalue weighted by Crippen LogP contribution is 2.41. The van der Waals surface area contributed by atoms with Crippen molar-refractivity contribution in [2.75, 3.05) is 12.0 Å². The molecule has 0 spiro atoms. The molecule has 1 fully saturated rings. The number of carbonyl (C=O) groups excluding carboxylic acids is 3. The quantitative estimate of drug-likeness (QED) is 0.0665. The number of β-lactam (4-membered cyclic amide) rings is 1. The molecule has 5 N–H and O–H groups in total. The Bertz CT molecular complexity index is 2080. The van der Waals surface area contributed by atoms with Crippen molar-refractivity contribution in [2.45, 2.75) is 22.5 Å². The van der Waals surface area contributed by atoms with Gasteiger partial charge in [0.25, 0.3) is 11.8 Å². The van der Waals surface area contributed by atoms with E-state index in [1.54, 1.807) is 6.26 Å². The molecule has 6 rings (SSSR count). The molecule has 3 atom stereocenters. The van der Waals surface area contributed by atoms with Crippen LogP contribution in [0, 0.1) is 0 Å². The van der Waals surface area contributed by atoms with Crippen molar-refractivity contribution < 1.29 is 29.4 Å². The predicted octanol–water partition coefficient (Wildman–Crippen LogP) is -0.103. The number of tetrazole rings is 1. The number of aliphatic carboxylic acids is 1. The number of pyridine rings is 1. The highest BCUT2D eigenvalue weighted by molar-refractivity contribution is 8.00. The fraction of sp³-hybridized carbons (Fsp3) is 0.222. The molecule has 47 heavy (non-hydrogen) atoms. The fourth-order valence-corrected chi connectivity index (χ4v) is 7.13. The first-order chi connectivity index (χ1) is 22.5. The lowest BCUT2D eigenvalue weighted by atomic mass is 9.99. The Labute approximate surface area is 277 Å². The van der Waals surface area contributed by atoms with Crippen molar-refractivity contribution in [3.05, 3.63) is 75.1 Å². The number of carboxylic acid groups (broad SMARTS) is 1. The number of aryl methyl sites for hydroxylation is 1. The van der Waals surface area contributed by atoms with Gasteiger partial charge < -0.3 is 25.8 Å². The van der Waals surface area contributed by atoms with E-state index in [1.165, 1.54) is 65.7 Å². The molecule has 1 aromatic carbocycles. The number of thiocarbonyl (C=S) groups is 1. The van der Waals surface area contributed by atoms with Gasteiger partial charge in [0.2, 0.25) is 11.3 Å². The van der Waals surface area contributed by atoms with Gasteiger partial charge in [0.15, 0.2) is 17.0 Å². The van der Waals surface area contributed by atoms with Gasteiger partial charge in [-0.25, -0.2) is 19.4 Å². The van der Waals surface area contributed by atoms with Gasteiger partial charge in [-0.3, -0.25) is 24.1 Å². The molecule has 240 valence electrons. The van der Waals surface area contributed by atoms with Crippen molar-refractivity contribution in [3.63, 3.8) is 0 Å². The van der Waals surface area contributed by atoms with E-state index in [1.807, 2.05) is 0 Å². The first kappa shape index (κ1) is 31.8. The summed E-state index contributed by atoms with van der Waals surface area (Å²) < 4.78 is 1.28. The second-order valence-electron chi connectivity index (χ2n) is 10.1. The summed E-state index contributed by atoms with van der Waals surface area (Å²) >= 11 is 7.96.